The van der Waals surface area contributed by atoms with Crippen molar-refractivity contribution in [2.24, 2.45) is 11.8 Å². The molecule has 1 saturated heterocycles. The monoisotopic (exact) mass is 304 g/mol. The van der Waals surface area contributed by atoms with Gasteiger partial charge in [-0.2, -0.15) is 0 Å². The molecule has 0 aliphatic carbocycles. The minimum atomic E-state index is -0.152. The van der Waals surface area contributed by atoms with E-state index in [1.807, 2.05) is 0 Å². The second-order valence-electron chi connectivity index (χ2n) is 6.49. The van der Waals surface area contributed by atoms with E-state index < -0.39 is 0 Å². The molecule has 0 aromatic heterocycles. The van der Waals surface area contributed by atoms with Crippen molar-refractivity contribution in [1.29, 1.82) is 0 Å². The number of carbonyl (C=O) groups is 2. The quantitative estimate of drug-likeness (QED) is 0.760. The summed E-state index contributed by atoms with van der Waals surface area (Å²) in [6, 6.07) is 7.01. The van der Waals surface area contributed by atoms with Crippen molar-refractivity contribution in [2.45, 2.75) is 20.3 Å². The van der Waals surface area contributed by atoms with Crippen molar-refractivity contribution < 1.29 is 14.5 Å². The third-order valence-corrected chi connectivity index (χ3v) is 4.13. The second-order valence-corrected chi connectivity index (χ2v) is 6.49. The molecule has 3 atom stereocenters. The van der Waals surface area contributed by atoms with Crippen molar-refractivity contribution in [3.8, 4) is 0 Å². The van der Waals surface area contributed by atoms with E-state index in [1.165, 1.54) is 11.3 Å². The highest BCUT2D eigenvalue weighted by Gasteiger charge is 2.26. The lowest BCUT2D eigenvalue weighted by atomic mass is 9.92. The Morgan fingerprint density at radius 3 is 2.55 bits per heavy atom. The van der Waals surface area contributed by atoms with Crippen LogP contribution in [0.3, 0.4) is 0 Å². The second kappa shape index (κ2) is 7.40. The highest BCUT2D eigenvalue weighted by molar-refractivity contribution is 5.97. The number of likely N-dealkylation sites (tertiary alicyclic amines) is 1. The van der Waals surface area contributed by atoms with Crippen LogP contribution in [0.4, 0.5) is 5.69 Å². The lowest BCUT2D eigenvalue weighted by Gasteiger charge is -2.31. The van der Waals surface area contributed by atoms with Gasteiger partial charge in [0.05, 0.1) is 13.1 Å². The number of anilines is 1. The summed E-state index contributed by atoms with van der Waals surface area (Å²) < 4.78 is 0. The Morgan fingerprint density at radius 1 is 1.23 bits per heavy atom. The molecule has 5 nitrogen and oxygen atoms in total. The average Bonchev–Trinajstić information content (AvgIpc) is 2.45. The maximum Gasteiger partial charge on any atom is 0.279 e. The van der Waals surface area contributed by atoms with E-state index in [2.05, 4.69) is 24.5 Å². The van der Waals surface area contributed by atoms with Crippen LogP contribution in [-0.2, 0) is 4.79 Å². The van der Waals surface area contributed by atoms with E-state index >= 15 is 0 Å². The molecule has 1 aliphatic rings. The Bertz CT molecular complexity index is 534. The fourth-order valence-electron chi connectivity index (χ4n) is 3.38. The van der Waals surface area contributed by atoms with E-state index in [-0.39, 0.29) is 11.8 Å². The normalized spacial score (nSPS) is 24.6. The number of hydrogen-bond donors (Lipinski definition) is 3. The fourth-order valence-corrected chi connectivity index (χ4v) is 3.38. The molecule has 0 radical (unpaired) electrons. The van der Waals surface area contributed by atoms with Gasteiger partial charge in [0.2, 0.25) is 0 Å². The molecule has 5 heteroatoms. The Labute approximate surface area is 132 Å². The van der Waals surface area contributed by atoms with Crippen LogP contribution in [0.1, 0.15) is 30.6 Å². The summed E-state index contributed by atoms with van der Waals surface area (Å²) in [7, 11) is 1.59. The number of quaternary nitrogens is 1. The van der Waals surface area contributed by atoms with Crippen LogP contribution in [0.2, 0.25) is 0 Å². The maximum atomic E-state index is 12.2. The average molecular weight is 304 g/mol. The molecule has 0 spiro atoms. The summed E-state index contributed by atoms with van der Waals surface area (Å²) in [5.74, 6) is 1.19. The first-order chi connectivity index (χ1) is 10.5. The summed E-state index contributed by atoms with van der Waals surface area (Å²) in [5.41, 5.74) is 1.22. The summed E-state index contributed by atoms with van der Waals surface area (Å²) in [6.45, 7) is 7.09. The molecular formula is C17H26N3O2+. The minimum Gasteiger partial charge on any atom is -0.355 e. The summed E-state index contributed by atoms with van der Waals surface area (Å²) in [4.78, 5) is 25.2. The first-order valence-electron chi connectivity index (χ1n) is 7.93. The molecule has 1 heterocycles. The number of nitrogens with one attached hydrogen (secondary N) is 3. The van der Waals surface area contributed by atoms with Crippen LogP contribution in [0, 0.1) is 11.8 Å². The van der Waals surface area contributed by atoms with Gasteiger partial charge in [-0.05, 0) is 24.6 Å². The fraction of sp³-hybridized carbons (Fsp3) is 0.529. The zero-order chi connectivity index (χ0) is 16.1. The van der Waals surface area contributed by atoms with Crippen molar-refractivity contribution >= 4 is 17.5 Å². The number of rotatable bonds is 4. The van der Waals surface area contributed by atoms with E-state index in [1.54, 1.807) is 31.3 Å². The number of hydrogen-bond acceptors (Lipinski definition) is 2. The maximum absolute atomic E-state index is 12.2. The number of benzene rings is 1. The third-order valence-electron chi connectivity index (χ3n) is 4.13. The van der Waals surface area contributed by atoms with Gasteiger partial charge in [0, 0.05) is 30.1 Å². The molecule has 1 aromatic rings. The Balaban J connectivity index is 1.93. The van der Waals surface area contributed by atoms with Gasteiger partial charge >= 0.3 is 0 Å². The zero-order valence-corrected chi connectivity index (χ0v) is 13.6. The molecule has 1 fully saturated rings. The molecule has 1 aliphatic heterocycles. The van der Waals surface area contributed by atoms with Crippen molar-refractivity contribution in [3.63, 3.8) is 0 Å². The predicted octanol–water partition coefficient (Wildman–Crippen LogP) is 0.546. The lowest BCUT2D eigenvalue weighted by molar-refractivity contribution is -0.904. The summed E-state index contributed by atoms with van der Waals surface area (Å²) in [6.07, 6.45) is 1.25. The van der Waals surface area contributed by atoms with Crippen molar-refractivity contribution in [3.05, 3.63) is 29.8 Å². The van der Waals surface area contributed by atoms with Gasteiger partial charge in [0.15, 0.2) is 6.54 Å². The number of piperidine rings is 1. The van der Waals surface area contributed by atoms with Crippen LogP contribution in [0.25, 0.3) is 0 Å². The molecule has 22 heavy (non-hydrogen) atoms. The SMILES string of the molecule is CNC(=O)c1cccc(NC(=O)C[NH+]2C[C@H](C)C[C@H](C)C2)c1. The number of amides is 2. The third kappa shape index (κ3) is 4.56. The number of carbonyl (C=O) groups excluding carboxylic acids is 2. The Hall–Kier alpha value is -1.88. The molecular weight excluding hydrogens is 278 g/mol. The van der Waals surface area contributed by atoms with Gasteiger partial charge in [-0.1, -0.05) is 19.9 Å². The Morgan fingerprint density at radius 2 is 1.91 bits per heavy atom. The molecule has 120 valence electrons. The zero-order valence-electron chi connectivity index (χ0n) is 13.6. The molecule has 0 bridgehead atoms. The minimum absolute atomic E-state index is 0.00496. The van der Waals surface area contributed by atoms with Crippen LogP contribution in [0.15, 0.2) is 24.3 Å². The van der Waals surface area contributed by atoms with Crippen LogP contribution in [-0.4, -0.2) is 38.5 Å². The van der Waals surface area contributed by atoms with Gasteiger partial charge in [-0.15, -0.1) is 0 Å². The molecule has 2 amide bonds. The largest absolute Gasteiger partial charge is 0.355 e. The van der Waals surface area contributed by atoms with E-state index in [9.17, 15) is 9.59 Å². The first-order valence-corrected chi connectivity index (χ1v) is 7.93. The molecule has 0 saturated carbocycles. The summed E-state index contributed by atoms with van der Waals surface area (Å²) >= 11 is 0. The van der Waals surface area contributed by atoms with Crippen LogP contribution < -0.4 is 15.5 Å². The van der Waals surface area contributed by atoms with Crippen LogP contribution >= 0.6 is 0 Å². The van der Waals surface area contributed by atoms with Gasteiger partial charge in [-0.3, -0.25) is 9.59 Å². The standard InChI is InChI=1S/C17H25N3O2/c1-12-7-13(2)10-20(9-12)11-16(21)19-15-6-4-5-14(8-15)17(22)18-3/h4-6,8,12-13H,7,9-11H2,1-3H3,(H,18,22)(H,19,21)/p+1/t12-,13+. The van der Waals surface area contributed by atoms with Crippen molar-refractivity contribution in [2.75, 3.05) is 32.0 Å². The molecule has 1 unspecified atom stereocenters. The van der Waals surface area contributed by atoms with Gasteiger partial charge in [0.1, 0.15) is 0 Å². The topological polar surface area (TPSA) is 62.6 Å². The highest BCUT2D eigenvalue weighted by Crippen LogP contribution is 2.12. The predicted molar refractivity (Wildman–Crippen MR) is 87.0 cm³/mol. The molecule has 2 rings (SSSR count). The van der Waals surface area contributed by atoms with E-state index in [0.717, 1.165) is 13.1 Å². The van der Waals surface area contributed by atoms with Gasteiger partial charge < -0.3 is 15.5 Å². The summed E-state index contributed by atoms with van der Waals surface area (Å²) in [5, 5.41) is 5.48. The molecule has 3 N–H and O–H groups in total. The van der Waals surface area contributed by atoms with E-state index in [0.29, 0.717) is 29.6 Å². The Kier molecular flexibility index (Phi) is 5.55. The van der Waals surface area contributed by atoms with Gasteiger partial charge in [-0.25, -0.2) is 0 Å². The lowest BCUT2D eigenvalue weighted by Crippen LogP contribution is -3.15. The van der Waals surface area contributed by atoms with Crippen molar-refractivity contribution in [1.82, 2.24) is 5.32 Å². The smallest absolute Gasteiger partial charge is 0.279 e. The van der Waals surface area contributed by atoms with E-state index in [4.69, 9.17) is 0 Å². The van der Waals surface area contributed by atoms with Gasteiger partial charge in [0.25, 0.3) is 11.8 Å². The first kappa shape index (κ1) is 16.5. The highest BCUT2D eigenvalue weighted by atomic mass is 16.2. The molecule has 1 aromatic carbocycles. The van der Waals surface area contributed by atoms with Crippen LogP contribution in [0.5, 0.6) is 0 Å².